The van der Waals surface area contributed by atoms with Gasteiger partial charge < -0.3 is 0 Å². The van der Waals surface area contributed by atoms with Crippen LogP contribution < -0.4 is 0 Å². The van der Waals surface area contributed by atoms with E-state index >= 15 is 0 Å². The molecule has 10 heavy (non-hydrogen) atoms. The number of rotatable bonds is 4. The quantitative estimate of drug-likeness (QED) is 0.552. The van der Waals surface area contributed by atoms with Crippen molar-refractivity contribution in [1.82, 2.24) is 0 Å². The van der Waals surface area contributed by atoms with E-state index in [2.05, 4.69) is 34.6 Å². The van der Waals surface area contributed by atoms with Crippen LogP contribution in [0.2, 0.25) is 11.1 Å². The predicted molar refractivity (Wildman–Crippen MR) is 52.5 cm³/mol. The molecule has 0 saturated carbocycles. The molecule has 0 aromatic rings. The van der Waals surface area contributed by atoms with Gasteiger partial charge in [-0.15, -0.1) is 0 Å². The molecule has 0 aliphatic rings. The molecular weight excluding hydrogens is 136 g/mol. The summed E-state index contributed by atoms with van der Waals surface area (Å²) in [6.45, 7) is 11.8. The summed E-state index contributed by atoms with van der Waals surface area (Å²) >= 11 is 0. The molecule has 0 heterocycles. The molecule has 0 atom stereocenters. The molecule has 62 valence electrons. The Kier molecular flexibility index (Phi) is 4.26. The maximum atomic E-state index is 2.42. The van der Waals surface area contributed by atoms with Crippen LogP contribution in [0, 0.1) is 5.92 Å². The molecule has 0 fully saturated rings. The molecule has 0 saturated heterocycles. The van der Waals surface area contributed by atoms with Crippen molar-refractivity contribution in [3.8, 4) is 0 Å². The molecule has 0 amide bonds. The van der Waals surface area contributed by atoms with Gasteiger partial charge >= 0.3 is 0 Å². The normalized spacial score (nSPS) is 13.8. The van der Waals surface area contributed by atoms with E-state index in [1.165, 1.54) is 12.5 Å². The van der Waals surface area contributed by atoms with Crippen LogP contribution in [-0.4, -0.2) is 9.52 Å². The van der Waals surface area contributed by atoms with Crippen molar-refractivity contribution in [3.05, 3.63) is 0 Å². The maximum absolute atomic E-state index is 2.42. The highest BCUT2D eigenvalue weighted by Gasteiger charge is 2.15. The van der Waals surface area contributed by atoms with Crippen molar-refractivity contribution in [1.29, 1.82) is 0 Å². The molecule has 0 nitrogen and oxygen atoms in total. The third kappa shape index (κ3) is 5.04. The van der Waals surface area contributed by atoms with Gasteiger partial charge in [-0.1, -0.05) is 47.1 Å². The molecule has 0 radical (unpaired) electrons. The van der Waals surface area contributed by atoms with E-state index in [1.807, 2.05) is 0 Å². The lowest BCUT2D eigenvalue weighted by atomic mass is 10.1. The molecule has 1 heteroatoms. The highest BCUT2D eigenvalue weighted by Crippen LogP contribution is 2.28. The van der Waals surface area contributed by atoms with Gasteiger partial charge in [0.1, 0.15) is 0 Å². The van der Waals surface area contributed by atoms with Crippen molar-refractivity contribution >= 4 is 9.52 Å². The van der Waals surface area contributed by atoms with E-state index < -0.39 is 0 Å². The zero-order valence-corrected chi connectivity index (χ0v) is 9.61. The molecule has 0 aliphatic heterocycles. The standard InChI is InChI=1S/C9H22Si/c1-6-9(4,5)10-7-8(2)3/h8H,6-7,10H2,1-5H3. The van der Waals surface area contributed by atoms with E-state index in [-0.39, 0.29) is 9.52 Å². The highest BCUT2D eigenvalue weighted by atomic mass is 28.2. The summed E-state index contributed by atoms with van der Waals surface area (Å²) in [6, 6.07) is 1.51. The van der Waals surface area contributed by atoms with E-state index in [0.29, 0.717) is 5.04 Å². The van der Waals surface area contributed by atoms with E-state index in [0.717, 1.165) is 5.92 Å². The van der Waals surface area contributed by atoms with Crippen LogP contribution in [0.4, 0.5) is 0 Å². The molecule has 0 unspecified atom stereocenters. The first-order valence-electron chi connectivity index (χ1n) is 4.48. The minimum atomic E-state index is 0.192. The molecular formula is C9H22Si. The van der Waals surface area contributed by atoms with Gasteiger partial charge in [0.05, 0.1) is 0 Å². The average molecular weight is 158 g/mol. The zero-order chi connectivity index (χ0) is 8.20. The van der Waals surface area contributed by atoms with Crippen LogP contribution in [0.3, 0.4) is 0 Å². The Morgan fingerprint density at radius 2 is 1.80 bits per heavy atom. The first kappa shape index (κ1) is 10.2. The second-order valence-corrected chi connectivity index (χ2v) is 7.44. The highest BCUT2D eigenvalue weighted by molar-refractivity contribution is 6.39. The topological polar surface area (TPSA) is 0 Å². The SMILES string of the molecule is CCC(C)(C)[SiH2]CC(C)C. The number of hydrogen-bond donors (Lipinski definition) is 0. The Morgan fingerprint density at radius 3 is 2.10 bits per heavy atom. The van der Waals surface area contributed by atoms with Gasteiger partial charge in [0.25, 0.3) is 0 Å². The maximum Gasteiger partial charge on any atom is 0.0266 e. The fourth-order valence-electron chi connectivity index (χ4n) is 0.856. The van der Waals surface area contributed by atoms with Crippen LogP contribution >= 0.6 is 0 Å². The van der Waals surface area contributed by atoms with Gasteiger partial charge in [0.2, 0.25) is 0 Å². The Hall–Kier alpha value is 0.217. The second-order valence-electron chi connectivity index (χ2n) is 4.45. The lowest BCUT2D eigenvalue weighted by Gasteiger charge is -2.22. The van der Waals surface area contributed by atoms with Crippen LogP contribution in [-0.2, 0) is 0 Å². The third-order valence-corrected chi connectivity index (χ3v) is 5.65. The van der Waals surface area contributed by atoms with Crippen molar-refractivity contribution < 1.29 is 0 Å². The summed E-state index contributed by atoms with van der Waals surface area (Å²) < 4.78 is 0. The lowest BCUT2D eigenvalue weighted by molar-refractivity contribution is 0.624. The Balaban J connectivity index is 3.46. The first-order chi connectivity index (χ1) is 4.48. The summed E-state index contributed by atoms with van der Waals surface area (Å²) in [5, 5.41) is 0.713. The summed E-state index contributed by atoms with van der Waals surface area (Å²) in [6.07, 6.45) is 1.37. The van der Waals surface area contributed by atoms with Crippen LogP contribution in [0.5, 0.6) is 0 Å². The third-order valence-electron chi connectivity index (χ3n) is 2.36. The number of hydrogen-bond acceptors (Lipinski definition) is 0. The predicted octanol–water partition coefficient (Wildman–Crippen LogP) is 2.84. The van der Waals surface area contributed by atoms with Crippen molar-refractivity contribution in [2.45, 2.75) is 52.1 Å². The monoisotopic (exact) mass is 158 g/mol. The summed E-state index contributed by atoms with van der Waals surface area (Å²) in [5.74, 6) is 0.928. The molecule has 0 spiro atoms. The molecule has 0 aromatic carbocycles. The van der Waals surface area contributed by atoms with Crippen LogP contribution in [0.25, 0.3) is 0 Å². The molecule has 0 bridgehead atoms. The fourth-order valence-corrected chi connectivity index (χ4v) is 2.57. The Morgan fingerprint density at radius 1 is 1.30 bits per heavy atom. The van der Waals surface area contributed by atoms with Crippen LogP contribution in [0.15, 0.2) is 0 Å². The smallest absolute Gasteiger partial charge is 0.0266 e. The van der Waals surface area contributed by atoms with E-state index in [1.54, 1.807) is 0 Å². The minimum absolute atomic E-state index is 0.192. The van der Waals surface area contributed by atoms with Gasteiger partial charge in [-0.2, -0.15) is 0 Å². The van der Waals surface area contributed by atoms with Crippen molar-refractivity contribution in [2.24, 2.45) is 5.92 Å². The molecule has 0 N–H and O–H groups in total. The molecule has 0 aliphatic carbocycles. The van der Waals surface area contributed by atoms with Gasteiger partial charge in [-0.3, -0.25) is 0 Å². The van der Waals surface area contributed by atoms with Gasteiger partial charge in [0, 0.05) is 9.52 Å². The summed E-state index contributed by atoms with van der Waals surface area (Å²) in [4.78, 5) is 0. The largest absolute Gasteiger partial charge is 0.0652 e. The molecule has 0 rings (SSSR count). The molecule has 0 aromatic heterocycles. The average Bonchev–Trinajstić information content (AvgIpc) is 1.85. The van der Waals surface area contributed by atoms with E-state index in [9.17, 15) is 0 Å². The first-order valence-corrected chi connectivity index (χ1v) is 6.18. The fraction of sp³-hybridized carbons (Fsp3) is 1.00. The lowest BCUT2D eigenvalue weighted by Crippen LogP contribution is -2.12. The van der Waals surface area contributed by atoms with E-state index in [4.69, 9.17) is 0 Å². The van der Waals surface area contributed by atoms with Crippen LogP contribution in [0.1, 0.15) is 41.0 Å². The minimum Gasteiger partial charge on any atom is -0.0652 e. The second kappa shape index (κ2) is 4.17. The van der Waals surface area contributed by atoms with Crippen molar-refractivity contribution in [3.63, 3.8) is 0 Å². The summed E-state index contributed by atoms with van der Waals surface area (Å²) in [7, 11) is 0.192. The van der Waals surface area contributed by atoms with Gasteiger partial charge in [0.15, 0.2) is 0 Å². The van der Waals surface area contributed by atoms with Crippen molar-refractivity contribution in [2.75, 3.05) is 0 Å². The van der Waals surface area contributed by atoms with Gasteiger partial charge in [-0.05, 0) is 11.0 Å². The van der Waals surface area contributed by atoms with Gasteiger partial charge in [-0.25, -0.2) is 0 Å². The zero-order valence-electron chi connectivity index (χ0n) is 8.20. The Labute approximate surface area is 68.2 Å². The summed E-state index contributed by atoms with van der Waals surface area (Å²) in [5.41, 5.74) is 0. The Bertz CT molecular complexity index is 84.7.